The second-order valence-corrected chi connectivity index (χ2v) is 3.88. The molecule has 1 rings (SSSR count). The minimum absolute atomic E-state index is 0.427. The van der Waals surface area contributed by atoms with Crippen molar-refractivity contribution in [3.05, 3.63) is 27.9 Å². The topological polar surface area (TPSA) is 117 Å². The molecule has 0 unspecified atom stereocenters. The Morgan fingerprint density at radius 1 is 1.48 bits per heavy atom. The summed E-state index contributed by atoms with van der Waals surface area (Å²) in [4.78, 5) is 24.6. The molecular weight excluding hydrogens is 299 g/mol. The highest BCUT2D eigenvalue weighted by Gasteiger charge is 2.32. The van der Waals surface area contributed by atoms with Gasteiger partial charge >= 0.3 is 17.8 Å². The normalized spacial score (nSPS) is 11.2. The third-order valence-corrected chi connectivity index (χ3v) is 2.36. The van der Waals surface area contributed by atoms with Gasteiger partial charge in [-0.3, -0.25) is 10.1 Å². The molecule has 1 aromatic heterocycles. The van der Waals surface area contributed by atoms with Gasteiger partial charge in [0.25, 0.3) is 0 Å². The lowest BCUT2D eigenvalue weighted by molar-refractivity contribution is -0.385. The Kier molecular flexibility index (Phi) is 5.02. The Morgan fingerprint density at radius 3 is 2.52 bits per heavy atom. The van der Waals surface area contributed by atoms with Crippen LogP contribution in [0.2, 0.25) is 0 Å². The van der Waals surface area contributed by atoms with Crippen molar-refractivity contribution < 1.29 is 33.1 Å². The summed E-state index contributed by atoms with van der Waals surface area (Å²) in [5.74, 6) is -2.09. The Balaban J connectivity index is 3.24. The summed E-state index contributed by atoms with van der Waals surface area (Å²) in [5.41, 5.74) is -1.61. The van der Waals surface area contributed by atoms with Crippen molar-refractivity contribution in [2.45, 2.75) is 6.18 Å². The van der Waals surface area contributed by atoms with Crippen LogP contribution in [-0.2, 0) is 0 Å². The molecule has 0 bridgehead atoms. The van der Waals surface area contributed by atoms with E-state index in [1.165, 1.54) is 0 Å². The predicted molar refractivity (Wildman–Crippen MR) is 63.2 cm³/mol. The Labute approximate surface area is 115 Å². The largest absolute Gasteiger partial charge is 0.477 e. The fourth-order valence-corrected chi connectivity index (χ4v) is 1.54. The second-order valence-electron chi connectivity index (χ2n) is 3.88. The number of anilines is 1. The van der Waals surface area contributed by atoms with E-state index < -0.39 is 53.8 Å². The van der Waals surface area contributed by atoms with Crippen LogP contribution >= 0.6 is 0 Å². The summed E-state index contributed by atoms with van der Waals surface area (Å²) < 4.78 is 37.2. The van der Waals surface area contributed by atoms with E-state index in [2.05, 4.69) is 4.98 Å². The van der Waals surface area contributed by atoms with Gasteiger partial charge in [0, 0.05) is 12.6 Å². The molecule has 0 saturated heterocycles. The maximum Gasteiger partial charge on any atom is 0.405 e. The summed E-state index contributed by atoms with van der Waals surface area (Å²) in [6.07, 6.45) is -4.04. The highest BCUT2D eigenvalue weighted by Crippen LogP contribution is 2.25. The maximum absolute atomic E-state index is 12.4. The first kappa shape index (κ1) is 16.6. The van der Waals surface area contributed by atoms with Gasteiger partial charge in [0.2, 0.25) is 0 Å². The molecular formula is C10H10F3N3O5. The quantitative estimate of drug-likeness (QED) is 0.595. The number of rotatable bonds is 6. The van der Waals surface area contributed by atoms with Crippen LogP contribution in [0.15, 0.2) is 12.3 Å². The fraction of sp³-hybridized carbons (Fsp3) is 0.400. The number of nitro groups is 1. The van der Waals surface area contributed by atoms with E-state index in [4.69, 9.17) is 10.2 Å². The molecule has 0 amide bonds. The maximum atomic E-state index is 12.4. The van der Waals surface area contributed by atoms with Crippen molar-refractivity contribution in [1.82, 2.24) is 4.98 Å². The molecule has 0 aliphatic carbocycles. The van der Waals surface area contributed by atoms with Crippen molar-refractivity contribution in [2.75, 3.05) is 24.6 Å². The summed E-state index contributed by atoms with van der Waals surface area (Å²) in [7, 11) is 0. The number of carbonyl (C=O) groups is 1. The number of hydrogen-bond donors (Lipinski definition) is 2. The van der Waals surface area contributed by atoms with Crippen LogP contribution < -0.4 is 4.90 Å². The Morgan fingerprint density at radius 2 is 2.10 bits per heavy atom. The number of pyridine rings is 1. The van der Waals surface area contributed by atoms with Gasteiger partial charge in [0.15, 0.2) is 0 Å². The molecule has 2 N–H and O–H groups in total. The van der Waals surface area contributed by atoms with Crippen molar-refractivity contribution in [3.63, 3.8) is 0 Å². The standard InChI is InChI=1S/C10H10F3N3O5/c11-10(12,13)5-15(1-2-17)8-3-6(9(18)19)7(4-14-8)16(20)21/h3-4,17H,1-2,5H2,(H,18,19). The van der Waals surface area contributed by atoms with E-state index in [-0.39, 0.29) is 0 Å². The van der Waals surface area contributed by atoms with Gasteiger partial charge in [0.05, 0.1) is 11.5 Å². The number of alkyl halides is 3. The number of aliphatic hydroxyl groups is 1. The minimum Gasteiger partial charge on any atom is -0.477 e. The van der Waals surface area contributed by atoms with E-state index in [9.17, 15) is 28.1 Å². The van der Waals surface area contributed by atoms with Crippen molar-refractivity contribution in [2.24, 2.45) is 0 Å². The highest BCUT2D eigenvalue weighted by atomic mass is 19.4. The molecule has 0 aromatic carbocycles. The lowest BCUT2D eigenvalue weighted by Crippen LogP contribution is -2.37. The number of hydrogen-bond acceptors (Lipinski definition) is 6. The molecule has 0 saturated carbocycles. The lowest BCUT2D eigenvalue weighted by Gasteiger charge is -2.24. The molecule has 0 radical (unpaired) electrons. The summed E-state index contributed by atoms with van der Waals surface area (Å²) in [6, 6.07) is 0.669. The zero-order valence-corrected chi connectivity index (χ0v) is 10.4. The Bertz CT molecular complexity index is 549. The first-order valence-electron chi connectivity index (χ1n) is 5.46. The number of carboxylic acid groups (broad SMARTS) is 1. The van der Waals surface area contributed by atoms with E-state index in [0.29, 0.717) is 17.2 Å². The zero-order valence-electron chi connectivity index (χ0n) is 10.4. The Hall–Kier alpha value is -2.43. The molecule has 1 aromatic rings. The van der Waals surface area contributed by atoms with Gasteiger partial charge < -0.3 is 15.1 Å². The van der Waals surface area contributed by atoms with Crippen LogP contribution in [0.25, 0.3) is 0 Å². The third-order valence-electron chi connectivity index (χ3n) is 2.36. The molecule has 0 aliphatic rings. The molecule has 0 fully saturated rings. The smallest absolute Gasteiger partial charge is 0.405 e. The van der Waals surface area contributed by atoms with Crippen LogP contribution in [0.5, 0.6) is 0 Å². The van der Waals surface area contributed by atoms with Crippen molar-refractivity contribution in [3.8, 4) is 0 Å². The third kappa shape index (κ3) is 4.56. The highest BCUT2D eigenvalue weighted by molar-refractivity contribution is 5.93. The first-order chi connectivity index (χ1) is 9.65. The van der Waals surface area contributed by atoms with Crippen molar-refractivity contribution in [1.29, 1.82) is 0 Å². The van der Waals surface area contributed by atoms with Gasteiger partial charge in [-0.2, -0.15) is 13.2 Å². The predicted octanol–water partition coefficient (Wildman–Crippen LogP) is 1.05. The fourth-order valence-electron chi connectivity index (χ4n) is 1.54. The van der Waals surface area contributed by atoms with Crippen LogP contribution in [0.4, 0.5) is 24.7 Å². The van der Waals surface area contributed by atoms with E-state index in [1.54, 1.807) is 0 Å². The molecule has 0 atom stereocenters. The molecule has 11 heteroatoms. The summed E-state index contributed by atoms with van der Waals surface area (Å²) >= 11 is 0. The van der Waals surface area contributed by atoms with Gasteiger partial charge in [-0.05, 0) is 0 Å². The zero-order chi connectivity index (χ0) is 16.2. The van der Waals surface area contributed by atoms with Gasteiger partial charge in [-0.15, -0.1) is 0 Å². The number of aromatic carboxylic acids is 1. The summed E-state index contributed by atoms with van der Waals surface area (Å²) in [5, 5.41) is 28.2. The van der Waals surface area contributed by atoms with E-state index >= 15 is 0 Å². The number of aliphatic hydroxyl groups excluding tert-OH is 1. The van der Waals surface area contributed by atoms with Crippen LogP contribution in [0.3, 0.4) is 0 Å². The van der Waals surface area contributed by atoms with Crippen LogP contribution in [0, 0.1) is 10.1 Å². The molecule has 0 spiro atoms. The molecule has 1 heterocycles. The molecule has 116 valence electrons. The second kappa shape index (κ2) is 6.35. The number of halogens is 3. The van der Waals surface area contributed by atoms with Gasteiger partial charge in [-0.1, -0.05) is 0 Å². The molecule has 0 aliphatic heterocycles. The van der Waals surface area contributed by atoms with Crippen molar-refractivity contribution >= 4 is 17.5 Å². The van der Waals surface area contributed by atoms with Gasteiger partial charge in [-0.25, -0.2) is 9.78 Å². The lowest BCUT2D eigenvalue weighted by atomic mass is 10.2. The van der Waals surface area contributed by atoms with Crippen LogP contribution in [0.1, 0.15) is 10.4 Å². The number of aromatic nitrogens is 1. The summed E-state index contributed by atoms with van der Waals surface area (Å²) in [6.45, 7) is -2.56. The monoisotopic (exact) mass is 309 g/mol. The van der Waals surface area contributed by atoms with E-state index in [0.717, 1.165) is 0 Å². The van der Waals surface area contributed by atoms with Crippen LogP contribution in [-0.4, -0.2) is 52.0 Å². The van der Waals surface area contributed by atoms with Gasteiger partial charge in [0.1, 0.15) is 24.1 Å². The molecule has 21 heavy (non-hydrogen) atoms. The van der Waals surface area contributed by atoms with E-state index in [1.807, 2.05) is 0 Å². The average Bonchev–Trinajstić information content (AvgIpc) is 2.35. The SMILES string of the molecule is O=C(O)c1cc(N(CCO)CC(F)(F)F)ncc1[N+](=O)[O-]. The molecule has 8 nitrogen and oxygen atoms in total. The number of carboxylic acids is 1. The first-order valence-corrected chi connectivity index (χ1v) is 5.46. The minimum atomic E-state index is -4.61. The average molecular weight is 309 g/mol. The number of nitrogens with zero attached hydrogens (tertiary/aromatic N) is 3.